The Kier molecular flexibility index (Phi) is 6.47. The van der Waals surface area contributed by atoms with Crippen molar-refractivity contribution >= 4 is 46.0 Å². The minimum atomic E-state index is -1.31. The summed E-state index contributed by atoms with van der Waals surface area (Å²) in [6, 6.07) is 5.43. The van der Waals surface area contributed by atoms with Crippen LogP contribution in [0.4, 0.5) is 0 Å². The molecule has 0 aliphatic carbocycles. The van der Waals surface area contributed by atoms with Crippen molar-refractivity contribution < 1.29 is 33.4 Å². The van der Waals surface area contributed by atoms with E-state index in [4.69, 9.17) is 14.2 Å². The number of esters is 3. The van der Waals surface area contributed by atoms with E-state index in [0.717, 1.165) is 24.1 Å². The lowest BCUT2D eigenvalue weighted by molar-refractivity contribution is -0.174. The van der Waals surface area contributed by atoms with Gasteiger partial charge in [-0.1, -0.05) is 6.07 Å². The first-order valence-electron chi connectivity index (χ1n) is 9.72. The van der Waals surface area contributed by atoms with Crippen LogP contribution in [0.2, 0.25) is 0 Å². The molecule has 0 aliphatic rings. The summed E-state index contributed by atoms with van der Waals surface area (Å²) < 4.78 is 16.7. The molecule has 0 N–H and O–H groups in total. The largest absolute Gasteiger partial charge is 0.462 e. The molecular weight excluding hydrogens is 420 g/mol. The van der Waals surface area contributed by atoms with Crippen LogP contribution in [0.1, 0.15) is 49.9 Å². The number of rotatable bonds is 6. The lowest BCUT2D eigenvalue weighted by Gasteiger charge is -2.24. The first-order valence-corrected chi connectivity index (χ1v) is 9.72. The highest BCUT2D eigenvalue weighted by Crippen LogP contribution is 2.30. The Morgan fingerprint density at radius 1 is 0.938 bits per heavy atom. The zero-order chi connectivity index (χ0) is 23.6. The quantitative estimate of drug-likeness (QED) is 0.411. The molecule has 0 fully saturated rings. The van der Waals surface area contributed by atoms with E-state index in [1.165, 1.54) is 13.8 Å². The van der Waals surface area contributed by atoms with E-state index in [9.17, 15) is 19.2 Å². The van der Waals surface area contributed by atoms with Gasteiger partial charge >= 0.3 is 17.9 Å². The molecule has 0 aliphatic heterocycles. The molecule has 11 nitrogen and oxygen atoms in total. The first-order chi connectivity index (χ1) is 15.1. The van der Waals surface area contributed by atoms with Gasteiger partial charge in [-0.2, -0.15) is 9.78 Å². The average molecular weight is 442 g/mol. The molecule has 3 aromatic rings. The third-order valence-corrected chi connectivity index (χ3v) is 4.42. The molecular formula is C21H22N4O7. The van der Waals surface area contributed by atoms with Crippen LogP contribution >= 0.6 is 0 Å². The Hall–Kier alpha value is -3.89. The first kappa shape index (κ1) is 22.8. The average Bonchev–Trinajstić information content (AvgIpc) is 3.05. The highest BCUT2D eigenvalue weighted by Gasteiger charge is 2.36. The Balaban J connectivity index is 2.25. The number of aryl methyl sites for hydroxylation is 1. The van der Waals surface area contributed by atoms with E-state index < -0.39 is 42.6 Å². The molecule has 168 valence electrons. The molecule has 0 saturated carbocycles. The van der Waals surface area contributed by atoms with Crippen LogP contribution < -0.4 is 0 Å². The summed E-state index contributed by atoms with van der Waals surface area (Å²) in [5, 5.41) is 4.28. The van der Waals surface area contributed by atoms with Gasteiger partial charge in [0.15, 0.2) is 17.9 Å². The van der Waals surface area contributed by atoms with E-state index in [0.29, 0.717) is 11.0 Å². The van der Waals surface area contributed by atoms with Crippen LogP contribution in [0.3, 0.4) is 0 Å². The summed E-state index contributed by atoms with van der Waals surface area (Å²) in [5.74, 6) is -2.47. The van der Waals surface area contributed by atoms with Crippen molar-refractivity contribution in [3.63, 3.8) is 0 Å². The van der Waals surface area contributed by atoms with Gasteiger partial charge in [0.25, 0.3) is 0 Å². The predicted molar refractivity (Wildman–Crippen MR) is 111 cm³/mol. The zero-order valence-corrected chi connectivity index (χ0v) is 18.2. The van der Waals surface area contributed by atoms with E-state index in [1.54, 1.807) is 12.1 Å². The maximum Gasteiger partial charge on any atom is 0.303 e. The normalized spacial score (nSPS) is 12.9. The van der Waals surface area contributed by atoms with Crippen LogP contribution in [0.25, 0.3) is 22.2 Å². The molecule has 0 unspecified atom stereocenters. The predicted octanol–water partition coefficient (Wildman–Crippen LogP) is 2.05. The highest BCUT2D eigenvalue weighted by molar-refractivity contribution is 5.92. The van der Waals surface area contributed by atoms with Crippen LogP contribution in [-0.4, -0.2) is 56.3 Å². The summed E-state index contributed by atoms with van der Waals surface area (Å²) in [6.07, 6.45) is -2.54. The fourth-order valence-corrected chi connectivity index (χ4v) is 3.17. The van der Waals surface area contributed by atoms with Gasteiger partial charge in [-0.05, 0) is 24.6 Å². The molecule has 0 bridgehead atoms. The molecule has 0 radical (unpaired) electrons. The van der Waals surface area contributed by atoms with Crippen LogP contribution in [0.5, 0.6) is 0 Å². The number of fused-ring (bicyclic) bond motifs is 2. The van der Waals surface area contributed by atoms with Crippen molar-refractivity contribution in [1.29, 1.82) is 0 Å². The van der Waals surface area contributed by atoms with Crippen LogP contribution in [-0.2, 0) is 28.6 Å². The molecule has 0 amide bonds. The zero-order valence-electron chi connectivity index (χ0n) is 18.2. The van der Waals surface area contributed by atoms with Crippen molar-refractivity contribution in [2.75, 3.05) is 6.61 Å². The summed E-state index contributed by atoms with van der Waals surface area (Å²) in [4.78, 5) is 56.3. The Morgan fingerprint density at radius 2 is 1.62 bits per heavy atom. The van der Waals surface area contributed by atoms with Gasteiger partial charge in [0, 0.05) is 27.7 Å². The van der Waals surface area contributed by atoms with E-state index in [2.05, 4.69) is 15.1 Å². The topological polar surface area (TPSA) is 140 Å². The minimum Gasteiger partial charge on any atom is -0.462 e. The molecule has 11 heteroatoms. The second-order valence-electron chi connectivity index (χ2n) is 7.18. The lowest BCUT2D eigenvalue weighted by Crippen LogP contribution is -2.33. The molecule has 2 aromatic heterocycles. The molecule has 3 rings (SSSR count). The SMILES string of the molecule is CC(=O)OC[C@@H](OC(C)=O)[C@@H](OC(C)=O)c1nn(C(C)=O)c2nc3ccc(C)cc3nc12. The van der Waals surface area contributed by atoms with Gasteiger partial charge in [-0.25, -0.2) is 9.97 Å². The summed E-state index contributed by atoms with van der Waals surface area (Å²) in [6.45, 7) is 6.29. The molecule has 1 aromatic carbocycles. The number of benzene rings is 1. The van der Waals surface area contributed by atoms with Crippen LogP contribution in [0, 0.1) is 6.92 Å². The Bertz CT molecular complexity index is 1230. The monoisotopic (exact) mass is 442 g/mol. The molecule has 32 heavy (non-hydrogen) atoms. The number of aromatic nitrogens is 4. The minimum absolute atomic E-state index is 0.0414. The Labute approximate surface area is 182 Å². The van der Waals surface area contributed by atoms with Gasteiger partial charge in [-0.15, -0.1) is 0 Å². The van der Waals surface area contributed by atoms with Crippen LogP contribution in [0.15, 0.2) is 18.2 Å². The summed E-state index contributed by atoms with van der Waals surface area (Å²) in [5.41, 5.74) is 2.39. The van der Waals surface area contributed by atoms with Crippen molar-refractivity contribution in [2.45, 2.75) is 46.8 Å². The summed E-state index contributed by atoms with van der Waals surface area (Å²) >= 11 is 0. The fraction of sp³-hybridized carbons (Fsp3) is 0.381. The maximum absolute atomic E-state index is 12.2. The standard InChI is InChI=1S/C21H22N4O7/c1-10-6-7-15-16(8-10)22-19-18(24-25(11(2)26)21(19)23-15)20(32-14(5)29)17(31-13(4)28)9-30-12(3)27/h6-8,17,20H,9H2,1-5H3/t17-,20-/m1/s1. The van der Waals surface area contributed by atoms with E-state index in [-0.39, 0.29) is 16.9 Å². The molecule has 2 atom stereocenters. The lowest BCUT2D eigenvalue weighted by atomic mass is 10.1. The van der Waals surface area contributed by atoms with Crippen molar-refractivity contribution in [3.8, 4) is 0 Å². The number of ether oxygens (including phenoxy) is 3. The number of hydrogen-bond acceptors (Lipinski definition) is 10. The molecule has 2 heterocycles. The van der Waals surface area contributed by atoms with E-state index >= 15 is 0 Å². The van der Waals surface area contributed by atoms with Gasteiger partial charge in [0.2, 0.25) is 5.91 Å². The molecule has 0 saturated heterocycles. The fourth-order valence-electron chi connectivity index (χ4n) is 3.17. The maximum atomic E-state index is 12.2. The number of nitrogens with zero attached hydrogens (tertiary/aromatic N) is 4. The Morgan fingerprint density at radius 3 is 2.22 bits per heavy atom. The second kappa shape index (κ2) is 9.08. The second-order valence-corrected chi connectivity index (χ2v) is 7.18. The van der Waals surface area contributed by atoms with Crippen molar-refractivity contribution in [3.05, 3.63) is 29.5 Å². The number of hydrogen-bond donors (Lipinski definition) is 0. The summed E-state index contributed by atoms with van der Waals surface area (Å²) in [7, 11) is 0. The van der Waals surface area contributed by atoms with Gasteiger partial charge in [0.05, 0.1) is 11.0 Å². The number of carbonyl (C=O) groups is 4. The van der Waals surface area contributed by atoms with Gasteiger partial charge in [0.1, 0.15) is 17.8 Å². The number of carbonyl (C=O) groups excluding carboxylic acids is 4. The van der Waals surface area contributed by atoms with Gasteiger partial charge < -0.3 is 14.2 Å². The van der Waals surface area contributed by atoms with Crippen molar-refractivity contribution in [1.82, 2.24) is 19.7 Å². The highest BCUT2D eigenvalue weighted by atomic mass is 16.6. The molecule has 0 spiro atoms. The third-order valence-electron chi connectivity index (χ3n) is 4.42. The van der Waals surface area contributed by atoms with Gasteiger partial charge in [-0.3, -0.25) is 19.2 Å². The van der Waals surface area contributed by atoms with E-state index in [1.807, 2.05) is 13.0 Å². The third kappa shape index (κ3) is 4.88. The smallest absolute Gasteiger partial charge is 0.303 e. The van der Waals surface area contributed by atoms with Crippen molar-refractivity contribution in [2.24, 2.45) is 0 Å².